The molecule has 1 amide bonds. The van der Waals surface area contributed by atoms with Crippen LogP contribution in [0.2, 0.25) is 0 Å². The first-order valence-corrected chi connectivity index (χ1v) is 6.54. The highest BCUT2D eigenvalue weighted by Crippen LogP contribution is 2.08. The third kappa shape index (κ3) is 11.4. The maximum Gasteiger partial charge on any atom is 0.306 e. The molecule has 0 heterocycles. The van der Waals surface area contributed by atoms with Gasteiger partial charge in [-0.15, -0.1) is 0 Å². The van der Waals surface area contributed by atoms with Crippen LogP contribution in [0.1, 0.15) is 47.0 Å². The number of amides is 1. The third-order valence-corrected chi connectivity index (χ3v) is 2.08. The van der Waals surface area contributed by atoms with E-state index < -0.39 is 5.60 Å². The molecule has 0 unspecified atom stereocenters. The lowest BCUT2D eigenvalue weighted by molar-refractivity contribution is -0.155. The standard InChI is InChI=1S/C13H26N2O3/c1-5-14-9-6-10-15-11(16)7-8-12(17)18-13(2,3)4/h14H,5-10H2,1-4H3,(H,15,16). The van der Waals surface area contributed by atoms with Crippen LogP contribution < -0.4 is 10.6 Å². The summed E-state index contributed by atoms with van der Waals surface area (Å²) in [5, 5.41) is 5.95. The summed E-state index contributed by atoms with van der Waals surface area (Å²) < 4.78 is 5.12. The van der Waals surface area contributed by atoms with Gasteiger partial charge in [0.15, 0.2) is 0 Å². The molecule has 18 heavy (non-hydrogen) atoms. The van der Waals surface area contributed by atoms with Gasteiger partial charge < -0.3 is 15.4 Å². The average Bonchev–Trinajstić information content (AvgIpc) is 2.24. The van der Waals surface area contributed by atoms with Crippen molar-refractivity contribution < 1.29 is 14.3 Å². The van der Waals surface area contributed by atoms with Gasteiger partial charge in [-0.3, -0.25) is 9.59 Å². The maximum absolute atomic E-state index is 11.4. The van der Waals surface area contributed by atoms with E-state index in [1.807, 2.05) is 27.7 Å². The number of carbonyl (C=O) groups is 2. The minimum atomic E-state index is -0.487. The summed E-state index contributed by atoms with van der Waals surface area (Å²) in [6, 6.07) is 0. The number of rotatable bonds is 8. The summed E-state index contributed by atoms with van der Waals surface area (Å²) in [6.45, 7) is 9.94. The van der Waals surface area contributed by atoms with Crippen molar-refractivity contribution in [2.75, 3.05) is 19.6 Å². The molecule has 0 atom stereocenters. The molecule has 0 spiro atoms. The lowest BCUT2D eigenvalue weighted by Gasteiger charge is -2.19. The minimum Gasteiger partial charge on any atom is -0.460 e. The molecule has 2 N–H and O–H groups in total. The Morgan fingerprint density at radius 3 is 2.33 bits per heavy atom. The predicted molar refractivity (Wildman–Crippen MR) is 71.2 cm³/mol. The summed E-state index contributed by atoms with van der Waals surface area (Å²) in [5.41, 5.74) is -0.487. The highest BCUT2D eigenvalue weighted by atomic mass is 16.6. The van der Waals surface area contributed by atoms with Gasteiger partial charge in [0.05, 0.1) is 6.42 Å². The maximum atomic E-state index is 11.4. The Balaban J connectivity index is 3.55. The normalized spacial score (nSPS) is 11.1. The van der Waals surface area contributed by atoms with Crippen molar-refractivity contribution in [2.45, 2.75) is 52.6 Å². The van der Waals surface area contributed by atoms with Crippen molar-refractivity contribution in [2.24, 2.45) is 0 Å². The van der Waals surface area contributed by atoms with Gasteiger partial charge in [-0.2, -0.15) is 0 Å². The molecule has 0 aromatic rings. The van der Waals surface area contributed by atoms with E-state index in [0.717, 1.165) is 19.5 Å². The SMILES string of the molecule is CCNCCCNC(=O)CCC(=O)OC(C)(C)C. The Bertz CT molecular complexity index is 259. The highest BCUT2D eigenvalue weighted by molar-refractivity contribution is 5.81. The monoisotopic (exact) mass is 258 g/mol. The van der Waals surface area contributed by atoms with Gasteiger partial charge in [-0.1, -0.05) is 6.92 Å². The van der Waals surface area contributed by atoms with E-state index in [1.54, 1.807) is 0 Å². The van der Waals surface area contributed by atoms with E-state index in [2.05, 4.69) is 10.6 Å². The molecule has 0 aliphatic carbocycles. The van der Waals surface area contributed by atoms with Crippen molar-refractivity contribution >= 4 is 11.9 Å². The minimum absolute atomic E-state index is 0.0997. The molecule has 0 aromatic heterocycles. The van der Waals surface area contributed by atoms with E-state index in [4.69, 9.17) is 4.74 Å². The van der Waals surface area contributed by atoms with Crippen LogP contribution in [0, 0.1) is 0 Å². The van der Waals surface area contributed by atoms with E-state index in [0.29, 0.717) is 6.54 Å². The average molecular weight is 258 g/mol. The first-order valence-electron chi connectivity index (χ1n) is 6.54. The second kappa shape index (κ2) is 8.91. The zero-order valence-corrected chi connectivity index (χ0v) is 12.0. The quantitative estimate of drug-likeness (QED) is 0.507. The Morgan fingerprint density at radius 2 is 1.78 bits per heavy atom. The van der Waals surface area contributed by atoms with Gasteiger partial charge in [-0.05, 0) is 40.3 Å². The van der Waals surface area contributed by atoms with E-state index in [9.17, 15) is 9.59 Å². The molecule has 5 nitrogen and oxygen atoms in total. The number of carbonyl (C=O) groups excluding carboxylic acids is 2. The Kier molecular flexibility index (Phi) is 8.37. The van der Waals surface area contributed by atoms with Crippen LogP contribution in [0.15, 0.2) is 0 Å². The first-order chi connectivity index (χ1) is 8.35. The number of nitrogens with one attached hydrogen (secondary N) is 2. The summed E-state index contributed by atoms with van der Waals surface area (Å²) in [4.78, 5) is 22.8. The fourth-order valence-electron chi connectivity index (χ4n) is 1.31. The molecule has 0 fully saturated rings. The van der Waals surface area contributed by atoms with Gasteiger partial charge in [0.1, 0.15) is 5.60 Å². The predicted octanol–water partition coefficient (Wildman–Crippen LogP) is 1.22. The van der Waals surface area contributed by atoms with E-state index in [1.165, 1.54) is 0 Å². The molecule has 0 aromatic carbocycles. The van der Waals surface area contributed by atoms with Crippen molar-refractivity contribution in [1.29, 1.82) is 0 Å². The van der Waals surface area contributed by atoms with Gasteiger partial charge in [0.25, 0.3) is 0 Å². The van der Waals surface area contributed by atoms with Gasteiger partial charge in [0.2, 0.25) is 5.91 Å². The molecule has 106 valence electrons. The fraction of sp³-hybridized carbons (Fsp3) is 0.846. The summed E-state index contributed by atoms with van der Waals surface area (Å²) in [5.74, 6) is -0.428. The second-order valence-corrected chi connectivity index (χ2v) is 5.14. The van der Waals surface area contributed by atoms with Crippen molar-refractivity contribution in [3.8, 4) is 0 Å². The third-order valence-electron chi connectivity index (χ3n) is 2.08. The lowest BCUT2D eigenvalue weighted by Crippen LogP contribution is -2.29. The largest absolute Gasteiger partial charge is 0.460 e. The van der Waals surface area contributed by atoms with Crippen LogP contribution in [0.5, 0.6) is 0 Å². The highest BCUT2D eigenvalue weighted by Gasteiger charge is 2.16. The van der Waals surface area contributed by atoms with Crippen molar-refractivity contribution in [3.05, 3.63) is 0 Å². The van der Waals surface area contributed by atoms with Crippen LogP contribution in [0.3, 0.4) is 0 Å². The van der Waals surface area contributed by atoms with Crippen LogP contribution >= 0.6 is 0 Å². The Labute approximate surface area is 110 Å². The van der Waals surface area contributed by atoms with Gasteiger partial charge in [0, 0.05) is 13.0 Å². The van der Waals surface area contributed by atoms with Crippen LogP contribution in [0.4, 0.5) is 0 Å². The van der Waals surface area contributed by atoms with Gasteiger partial charge >= 0.3 is 5.97 Å². The zero-order chi connectivity index (χ0) is 14.0. The van der Waals surface area contributed by atoms with Crippen LogP contribution in [-0.4, -0.2) is 37.1 Å². The first kappa shape index (κ1) is 16.9. The van der Waals surface area contributed by atoms with Crippen molar-refractivity contribution in [1.82, 2.24) is 10.6 Å². The summed E-state index contributed by atoms with van der Waals surface area (Å²) in [6.07, 6.45) is 1.22. The Morgan fingerprint density at radius 1 is 1.11 bits per heavy atom. The number of ether oxygens (including phenoxy) is 1. The molecule has 0 aliphatic rings. The summed E-state index contributed by atoms with van der Waals surface area (Å²) in [7, 11) is 0. The topological polar surface area (TPSA) is 67.4 Å². The number of hydrogen-bond donors (Lipinski definition) is 2. The molecular formula is C13H26N2O3. The van der Waals surface area contributed by atoms with Crippen molar-refractivity contribution in [3.63, 3.8) is 0 Å². The van der Waals surface area contributed by atoms with E-state index in [-0.39, 0.29) is 24.7 Å². The molecule has 0 rings (SSSR count). The molecule has 0 saturated heterocycles. The molecule has 0 aliphatic heterocycles. The molecule has 0 radical (unpaired) electrons. The Hall–Kier alpha value is -1.10. The summed E-state index contributed by atoms with van der Waals surface area (Å²) >= 11 is 0. The number of hydrogen-bond acceptors (Lipinski definition) is 4. The van der Waals surface area contributed by atoms with E-state index >= 15 is 0 Å². The molecule has 0 saturated carbocycles. The molecule has 5 heteroatoms. The lowest BCUT2D eigenvalue weighted by atomic mass is 10.2. The second-order valence-electron chi connectivity index (χ2n) is 5.14. The zero-order valence-electron chi connectivity index (χ0n) is 12.0. The molecular weight excluding hydrogens is 232 g/mol. The van der Waals surface area contributed by atoms with Crippen LogP contribution in [0.25, 0.3) is 0 Å². The number of esters is 1. The van der Waals surface area contributed by atoms with Crippen LogP contribution in [-0.2, 0) is 14.3 Å². The van der Waals surface area contributed by atoms with Gasteiger partial charge in [-0.25, -0.2) is 0 Å². The fourth-order valence-corrected chi connectivity index (χ4v) is 1.31. The molecule has 0 bridgehead atoms. The smallest absolute Gasteiger partial charge is 0.306 e.